The van der Waals surface area contributed by atoms with E-state index in [0.29, 0.717) is 32.5 Å². The van der Waals surface area contributed by atoms with Crippen LogP contribution in [0.15, 0.2) is 41.8 Å². The number of hydrogen-bond donors (Lipinski definition) is 1. The number of aryl methyl sites for hydroxylation is 1. The molecule has 0 saturated heterocycles. The lowest BCUT2D eigenvalue weighted by molar-refractivity contribution is -0.121. The average Bonchev–Trinajstić information content (AvgIpc) is 3.14. The normalized spacial score (nSPS) is 12.9. The molecular weight excluding hydrogens is 366 g/mol. The number of carbonyl (C=O) groups excluding carboxylic acids is 1. The maximum atomic E-state index is 12.5. The summed E-state index contributed by atoms with van der Waals surface area (Å²) in [4.78, 5) is 16.2. The number of benzene rings is 1. The van der Waals surface area contributed by atoms with Crippen molar-refractivity contribution in [2.75, 3.05) is 13.1 Å². The van der Waals surface area contributed by atoms with E-state index in [2.05, 4.69) is 15.4 Å². The largest absolute Gasteiger partial charge is 0.352 e. The maximum absolute atomic E-state index is 12.5. The molecule has 1 N–H and O–H groups in total. The van der Waals surface area contributed by atoms with Gasteiger partial charge in [0.2, 0.25) is 15.9 Å². The number of carbonyl (C=O) groups is 1. The molecule has 0 aliphatic rings. The Labute approximate surface area is 160 Å². The van der Waals surface area contributed by atoms with E-state index in [1.165, 1.54) is 10.6 Å². The van der Waals surface area contributed by atoms with E-state index in [-0.39, 0.29) is 16.8 Å². The molecule has 0 aliphatic carbocycles. The predicted molar refractivity (Wildman–Crippen MR) is 102 cm³/mol. The molecule has 1 atom stereocenters. The van der Waals surface area contributed by atoms with Crippen molar-refractivity contribution in [2.45, 2.75) is 51.1 Å². The van der Waals surface area contributed by atoms with Gasteiger partial charge in [0.05, 0.1) is 11.4 Å². The molecular formula is C18H27N5O3S. The summed E-state index contributed by atoms with van der Waals surface area (Å²) in [5, 5.41) is 6.94. The molecule has 8 nitrogen and oxygen atoms in total. The molecule has 148 valence electrons. The highest BCUT2D eigenvalue weighted by atomic mass is 32.2. The number of amides is 1. The van der Waals surface area contributed by atoms with Gasteiger partial charge in [0.1, 0.15) is 12.7 Å². The fourth-order valence-electron chi connectivity index (χ4n) is 2.80. The summed E-state index contributed by atoms with van der Waals surface area (Å²) in [6, 6.07) is 6.69. The summed E-state index contributed by atoms with van der Waals surface area (Å²) in [7, 11) is -3.45. The van der Waals surface area contributed by atoms with Gasteiger partial charge >= 0.3 is 0 Å². The number of nitrogens with zero attached hydrogens (tertiary/aromatic N) is 4. The Kier molecular flexibility index (Phi) is 7.49. The monoisotopic (exact) mass is 393 g/mol. The van der Waals surface area contributed by atoms with Crippen LogP contribution in [0.2, 0.25) is 0 Å². The van der Waals surface area contributed by atoms with Gasteiger partial charge in [-0.2, -0.15) is 9.40 Å². The van der Waals surface area contributed by atoms with Crippen LogP contribution < -0.4 is 5.32 Å². The first-order chi connectivity index (χ1) is 12.9. The Morgan fingerprint density at radius 1 is 1.22 bits per heavy atom. The van der Waals surface area contributed by atoms with Crippen LogP contribution in [-0.2, 0) is 27.8 Å². The molecule has 1 aromatic heterocycles. The van der Waals surface area contributed by atoms with Crippen LogP contribution in [0.5, 0.6) is 0 Å². The molecule has 0 radical (unpaired) electrons. The Balaban J connectivity index is 1.86. The highest BCUT2D eigenvalue weighted by Gasteiger charge is 2.21. The zero-order valence-corrected chi connectivity index (χ0v) is 16.8. The minimum Gasteiger partial charge on any atom is -0.352 e. The molecule has 0 bridgehead atoms. The summed E-state index contributed by atoms with van der Waals surface area (Å²) in [5.41, 5.74) is 0.924. The third-order valence-electron chi connectivity index (χ3n) is 4.24. The van der Waals surface area contributed by atoms with E-state index in [0.717, 1.165) is 5.56 Å². The second kappa shape index (κ2) is 9.61. The maximum Gasteiger partial charge on any atom is 0.243 e. The van der Waals surface area contributed by atoms with Crippen LogP contribution in [0.4, 0.5) is 0 Å². The van der Waals surface area contributed by atoms with Crippen molar-refractivity contribution < 1.29 is 13.2 Å². The molecule has 9 heteroatoms. The van der Waals surface area contributed by atoms with Crippen LogP contribution in [0.25, 0.3) is 0 Å². The van der Waals surface area contributed by atoms with Crippen molar-refractivity contribution in [1.29, 1.82) is 0 Å². The summed E-state index contributed by atoms with van der Waals surface area (Å²) in [6.45, 7) is 6.98. The SMILES string of the molecule is CCN(CC)S(=O)(=O)c1ccc(CCC(=O)NC(C)Cn2cncn2)cc1. The molecule has 2 aromatic rings. The van der Waals surface area contributed by atoms with E-state index in [4.69, 9.17) is 0 Å². The van der Waals surface area contributed by atoms with Gasteiger partial charge in [-0.05, 0) is 31.0 Å². The summed E-state index contributed by atoms with van der Waals surface area (Å²) < 4.78 is 28.0. The molecule has 0 aliphatic heterocycles. The standard InChI is InChI=1S/C18H27N5O3S/c1-4-23(5-2)27(25,26)17-9-6-16(7-10-17)8-11-18(24)21-15(3)12-22-14-19-13-20-22/h6-7,9-10,13-15H,4-5,8,11-12H2,1-3H3,(H,21,24). The molecule has 1 aromatic carbocycles. The van der Waals surface area contributed by atoms with Crippen LogP contribution in [0.1, 0.15) is 32.8 Å². The van der Waals surface area contributed by atoms with Crippen molar-refractivity contribution in [2.24, 2.45) is 0 Å². The summed E-state index contributed by atoms with van der Waals surface area (Å²) in [6.07, 6.45) is 3.95. The first-order valence-electron chi connectivity index (χ1n) is 9.07. The number of aromatic nitrogens is 3. The molecule has 1 heterocycles. The zero-order chi connectivity index (χ0) is 19.9. The second-order valence-electron chi connectivity index (χ2n) is 6.32. The van der Waals surface area contributed by atoms with Gasteiger partial charge in [0.25, 0.3) is 0 Å². The minimum atomic E-state index is -3.45. The minimum absolute atomic E-state index is 0.0533. The first kappa shape index (κ1) is 21.0. The highest BCUT2D eigenvalue weighted by Crippen LogP contribution is 2.16. The average molecular weight is 394 g/mol. The van der Waals surface area contributed by atoms with Gasteiger partial charge in [-0.1, -0.05) is 26.0 Å². The molecule has 0 fully saturated rings. The van der Waals surface area contributed by atoms with Crippen LogP contribution in [0, 0.1) is 0 Å². The topological polar surface area (TPSA) is 97.2 Å². The van der Waals surface area contributed by atoms with E-state index < -0.39 is 10.0 Å². The fourth-order valence-corrected chi connectivity index (χ4v) is 4.26. The van der Waals surface area contributed by atoms with Gasteiger partial charge in [-0.15, -0.1) is 0 Å². The third-order valence-corrected chi connectivity index (χ3v) is 6.31. The molecule has 1 amide bonds. The number of sulfonamides is 1. The van der Waals surface area contributed by atoms with Crippen LogP contribution in [-0.4, -0.2) is 52.5 Å². The lowest BCUT2D eigenvalue weighted by atomic mass is 10.1. The van der Waals surface area contributed by atoms with Gasteiger partial charge in [0.15, 0.2) is 0 Å². The Hall–Kier alpha value is -2.26. The Morgan fingerprint density at radius 3 is 2.44 bits per heavy atom. The third kappa shape index (κ3) is 5.86. The van der Waals surface area contributed by atoms with E-state index >= 15 is 0 Å². The Bertz CT molecular complexity index is 815. The van der Waals surface area contributed by atoms with Gasteiger partial charge in [0, 0.05) is 25.6 Å². The second-order valence-corrected chi connectivity index (χ2v) is 8.26. The number of hydrogen-bond acceptors (Lipinski definition) is 5. The number of nitrogens with one attached hydrogen (secondary N) is 1. The van der Waals surface area contributed by atoms with Crippen molar-refractivity contribution in [3.63, 3.8) is 0 Å². The summed E-state index contributed by atoms with van der Waals surface area (Å²) in [5.74, 6) is -0.0533. The van der Waals surface area contributed by atoms with Gasteiger partial charge in [-0.25, -0.2) is 13.4 Å². The van der Waals surface area contributed by atoms with Crippen molar-refractivity contribution >= 4 is 15.9 Å². The van der Waals surface area contributed by atoms with Crippen LogP contribution >= 0.6 is 0 Å². The quantitative estimate of drug-likeness (QED) is 0.659. The van der Waals surface area contributed by atoms with Crippen LogP contribution in [0.3, 0.4) is 0 Å². The first-order valence-corrected chi connectivity index (χ1v) is 10.5. The lowest BCUT2D eigenvalue weighted by Crippen LogP contribution is -2.35. The van der Waals surface area contributed by atoms with Crippen molar-refractivity contribution in [3.05, 3.63) is 42.5 Å². The molecule has 2 rings (SSSR count). The smallest absolute Gasteiger partial charge is 0.243 e. The predicted octanol–water partition coefficient (Wildman–Crippen LogP) is 1.45. The highest BCUT2D eigenvalue weighted by molar-refractivity contribution is 7.89. The number of rotatable bonds is 10. The van der Waals surface area contributed by atoms with Crippen molar-refractivity contribution in [3.8, 4) is 0 Å². The van der Waals surface area contributed by atoms with E-state index in [9.17, 15) is 13.2 Å². The molecule has 27 heavy (non-hydrogen) atoms. The molecule has 0 saturated carbocycles. The molecule has 1 unspecified atom stereocenters. The lowest BCUT2D eigenvalue weighted by Gasteiger charge is -2.18. The van der Waals surface area contributed by atoms with Crippen molar-refractivity contribution in [1.82, 2.24) is 24.4 Å². The fraction of sp³-hybridized carbons (Fsp3) is 0.500. The Morgan fingerprint density at radius 2 is 1.89 bits per heavy atom. The molecule has 0 spiro atoms. The zero-order valence-electron chi connectivity index (χ0n) is 16.0. The van der Waals surface area contributed by atoms with Gasteiger partial charge < -0.3 is 5.32 Å². The summed E-state index contributed by atoms with van der Waals surface area (Å²) >= 11 is 0. The van der Waals surface area contributed by atoms with E-state index in [1.54, 1.807) is 35.3 Å². The van der Waals surface area contributed by atoms with Gasteiger partial charge in [-0.3, -0.25) is 9.48 Å². The van der Waals surface area contributed by atoms with E-state index in [1.807, 2.05) is 20.8 Å².